The Morgan fingerprint density at radius 1 is 1.20 bits per heavy atom. The second kappa shape index (κ2) is 10.9. The lowest BCUT2D eigenvalue weighted by Crippen LogP contribution is -2.38. The van der Waals surface area contributed by atoms with Crippen LogP contribution in [0, 0.1) is 11.7 Å². The van der Waals surface area contributed by atoms with Crippen LogP contribution >= 0.6 is 24.0 Å². The van der Waals surface area contributed by atoms with Crippen molar-refractivity contribution in [3.63, 3.8) is 0 Å². The van der Waals surface area contributed by atoms with Crippen LogP contribution in [0.2, 0.25) is 0 Å². The van der Waals surface area contributed by atoms with Gasteiger partial charge in [0.1, 0.15) is 5.82 Å². The summed E-state index contributed by atoms with van der Waals surface area (Å²) in [6.45, 7) is 8.73. The lowest BCUT2D eigenvalue weighted by molar-refractivity contribution is 0.573. The lowest BCUT2D eigenvalue weighted by atomic mass is 10.1. The zero-order valence-corrected chi connectivity index (χ0v) is 14.8. The Morgan fingerprint density at radius 3 is 2.40 bits per heavy atom. The van der Waals surface area contributed by atoms with Crippen molar-refractivity contribution < 1.29 is 4.39 Å². The van der Waals surface area contributed by atoms with Gasteiger partial charge in [-0.15, -0.1) is 24.0 Å². The van der Waals surface area contributed by atoms with Crippen LogP contribution in [-0.2, 0) is 6.54 Å². The third-order valence-corrected chi connectivity index (χ3v) is 2.69. The van der Waals surface area contributed by atoms with E-state index in [1.54, 1.807) is 12.1 Å². The van der Waals surface area contributed by atoms with Gasteiger partial charge >= 0.3 is 0 Å². The van der Waals surface area contributed by atoms with E-state index in [2.05, 4.69) is 29.5 Å². The number of guanidine groups is 1. The van der Waals surface area contributed by atoms with E-state index in [0.29, 0.717) is 12.5 Å². The van der Waals surface area contributed by atoms with Crippen molar-refractivity contribution in [2.75, 3.05) is 13.1 Å². The average Bonchev–Trinajstić information content (AvgIpc) is 2.37. The highest BCUT2D eigenvalue weighted by Crippen LogP contribution is 2.04. The standard InChI is InChI=1S/C15H24FN3.HI/c1-4-17-15(18-10-9-12(2)3)19-11-13-5-7-14(16)8-6-13;/h5-8,12H,4,9-11H2,1-3H3,(H2,17,18,19);1H. The molecule has 2 N–H and O–H groups in total. The molecule has 0 atom stereocenters. The molecular weight excluding hydrogens is 368 g/mol. The quantitative estimate of drug-likeness (QED) is 0.441. The summed E-state index contributed by atoms with van der Waals surface area (Å²) in [6, 6.07) is 6.45. The molecule has 3 nitrogen and oxygen atoms in total. The minimum absolute atomic E-state index is 0. The number of benzene rings is 1. The van der Waals surface area contributed by atoms with Crippen molar-refractivity contribution in [2.24, 2.45) is 10.9 Å². The molecule has 0 aliphatic heterocycles. The zero-order chi connectivity index (χ0) is 14.1. The third-order valence-electron chi connectivity index (χ3n) is 2.69. The lowest BCUT2D eigenvalue weighted by Gasteiger charge is -2.12. The molecule has 0 fully saturated rings. The molecular formula is C15H25FIN3. The van der Waals surface area contributed by atoms with Crippen LogP contribution in [0.5, 0.6) is 0 Å². The van der Waals surface area contributed by atoms with Crippen molar-refractivity contribution >= 4 is 29.9 Å². The number of nitrogens with zero attached hydrogens (tertiary/aromatic N) is 1. The normalized spacial score (nSPS) is 11.2. The number of aliphatic imine (C=N–C) groups is 1. The first-order chi connectivity index (χ1) is 9.11. The smallest absolute Gasteiger partial charge is 0.191 e. The van der Waals surface area contributed by atoms with Crippen molar-refractivity contribution in [3.8, 4) is 0 Å². The summed E-state index contributed by atoms with van der Waals surface area (Å²) in [5, 5.41) is 6.50. The van der Waals surface area contributed by atoms with Gasteiger partial charge in [-0.05, 0) is 37.0 Å². The van der Waals surface area contributed by atoms with E-state index in [9.17, 15) is 4.39 Å². The predicted molar refractivity (Wildman–Crippen MR) is 94.1 cm³/mol. The van der Waals surface area contributed by atoms with Gasteiger partial charge in [-0.25, -0.2) is 9.38 Å². The summed E-state index contributed by atoms with van der Waals surface area (Å²) in [5.74, 6) is 1.27. The topological polar surface area (TPSA) is 36.4 Å². The first kappa shape index (κ1) is 19.1. The SMILES string of the molecule is CCNC(=NCc1ccc(F)cc1)NCCC(C)C.I. The van der Waals surface area contributed by atoms with E-state index in [-0.39, 0.29) is 29.8 Å². The maximum atomic E-state index is 12.8. The van der Waals surface area contributed by atoms with E-state index in [1.807, 2.05) is 6.92 Å². The van der Waals surface area contributed by atoms with Crippen molar-refractivity contribution in [3.05, 3.63) is 35.6 Å². The van der Waals surface area contributed by atoms with Crippen LogP contribution in [0.15, 0.2) is 29.3 Å². The number of rotatable bonds is 6. The van der Waals surface area contributed by atoms with Crippen molar-refractivity contribution in [1.82, 2.24) is 10.6 Å². The number of hydrogen-bond acceptors (Lipinski definition) is 1. The third kappa shape index (κ3) is 8.35. The van der Waals surface area contributed by atoms with Gasteiger partial charge < -0.3 is 10.6 Å². The molecule has 1 aromatic rings. The average molecular weight is 393 g/mol. The van der Waals surface area contributed by atoms with Crippen LogP contribution in [0.4, 0.5) is 4.39 Å². The molecule has 0 aliphatic rings. The molecule has 0 aliphatic carbocycles. The summed E-state index contributed by atoms with van der Waals surface area (Å²) in [6.07, 6.45) is 1.11. The fourth-order valence-electron chi connectivity index (χ4n) is 1.58. The molecule has 0 amide bonds. The maximum absolute atomic E-state index is 12.8. The maximum Gasteiger partial charge on any atom is 0.191 e. The minimum atomic E-state index is -0.213. The molecule has 20 heavy (non-hydrogen) atoms. The molecule has 0 saturated heterocycles. The molecule has 5 heteroatoms. The molecule has 0 bridgehead atoms. The molecule has 0 spiro atoms. The Morgan fingerprint density at radius 2 is 1.85 bits per heavy atom. The highest BCUT2D eigenvalue weighted by molar-refractivity contribution is 14.0. The Kier molecular flexibility index (Phi) is 10.4. The van der Waals surface area contributed by atoms with Crippen LogP contribution < -0.4 is 10.6 Å². The number of hydrogen-bond donors (Lipinski definition) is 2. The Hall–Kier alpha value is -0.850. The van der Waals surface area contributed by atoms with Gasteiger partial charge in [-0.3, -0.25) is 0 Å². The molecule has 114 valence electrons. The number of nitrogens with one attached hydrogen (secondary N) is 2. The van der Waals surface area contributed by atoms with E-state index in [4.69, 9.17) is 0 Å². The van der Waals surface area contributed by atoms with E-state index in [1.165, 1.54) is 12.1 Å². The molecule has 0 aromatic heterocycles. The van der Waals surface area contributed by atoms with Gasteiger partial charge in [0.2, 0.25) is 0 Å². The molecule has 0 saturated carbocycles. The van der Waals surface area contributed by atoms with Crippen LogP contribution in [0.3, 0.4) is 0 Å². The Balaban J connectivity index is 0.00000361. The van der Waals surface area contributed by atoms with E-state index >= 15 is 0 Å². The van der Waals surface area contributed by atoms with Gasteiger partial charge in [0.25, 0.3) is 0 Å². The van der Waals surface area contributed by atoms with Crippen molar-refractivity contribution in [1.29, 1.82) is 0 Å². The summed E-state index contributed by atoms with van der Waals surface area (Å²) in [5.41, 5.74) is 1.00. The van der Waals surface area contributed by atoms with Crippen LogP contribution in [0.1, 0.15) is 32.8 Å². The fourth-order valence-corrected chi connectivity index (χ4v) is 1.58. The van der Waals surface area contributed by atoms with Gasteiger partial charge in [-0.1, -0.05) is 26.0 Å². The largest absolute Gasteiger partial charge is 0.357 e. The van der Waals surface area contributed by atoms with E-state index in [0.717, 1.165) is 31.0 Å². The molecule has 0 heterocycles. The molecule has 1 aromatic carbocycles. The van der Waals surface area contributed by atoms with Crippen molar-refractivity contribution in [2.45, 2.75) is 33.7 Å². The molecule has 0 radical (unpaired) electrons. The fraction of sp³-hybridized carbons (Fsp3) is 0.533. The zero-order valence-electron chi connectivity index (χ0n) is 12.4. The monoisotopic (exact) mass is 393 g/mol. The van der Waals surface area contributed by atoms with Gasteiger partial charge in [0.05, 0.1) is 6.54 Å². The molecule has 0 unspecified atom stereocenters. The second-order valence-electron chi connectivity index (χ2n) is 4.93. The Labute approximate surface area is 138 Å². The van der Waals surface area contributed by atoms with Crippen LogP contribution in [0.25, 0.3) is 0 Å². The van der Waals surface area contributed by atoms with Gasteiger partial charge in [-0.2, -0.15) is 0 Å². The summed E-state index contributed by atoms with van der Waals surface area (Å²) < 4.78 is 12.8. The minimum Gasteiger partial charge on any atom is -0.357 e. The van der Waals surface area contributed by atoms with Gasteiger partial charge in [0, 0.05) is 13.1 Å². The molecule has 1 rings (SSSR count). The number of halogens is 2. The summed E-state index contributed by atoms with van der Waals surface area (Å²) >= 11 is 0. The summed E-state index contributed by atoms with van der Waals surface area (Å²) in [4.78, 5) is 4.48. The van der Waals surface area contributed by atoms with Crippen LogP contribution in [-0.4, -0.2) is 19.0 Å². The highest BCUT2D eigenvalue weighted by atomic mass is 127. The Bertz CT molecular complexity index is 391. The highest BCUT2D eigenvalue weighted by Gasteiger charge is 1.99. The first-order valence-electron chi connectivity index (χ1n) is 6.88. The first-order valence-corrected chi connectivity index (χ1v) is 6.88. The summed E-state index contributed by atoms with van der Waals surface area (Å²) in [7, 11) is 0. The predicted octanol–water partition coefficient (Wildman–Crippen LogP) is 3.54. The van der Waals surface area contributed by atoms with E-state index < -0.39 is 0 Å². The second-order valence-corrected chi connectivity index (χ2v) is 4.93. The van der Waals surface area contributed by atoms with Gasteiger partial charge in [0.15, 0.2) is 5.96 Å².